The summed E-state index contributed by atoms with van der Waals surface area (Å²) in [6, 6.07) is 5.27. The van der Waals surface area contributed by atoms with Crippen molar-refractivity contribution in [2.75, 3.05) is 29.9 Å². The largest absolute Gasteiger partial charge is 0.432 e. The van der Waals surface area contributed by atoms with Gasteiger partial charge >= 0.3 is 0 Å². The summed E-state index contributed by atoms with van der Waals surface area (Å²) in [4.78, 5) is 39.3. The molecule has 2 saturated heterocycles. The summed E-state index contributed by atoms with van der Waals surface area (Å²) in [7, 11) is -2.74. The van der Waals surface area contributed by atoms with E-state index in [9.17, 15) is 19.5 Å². The SMILES string of the molecule is C=CCN1C(=O)[C@@]2(O[C@@H](CCO)[C@H]([Si](C)(C)O)[C@H]2C)c2cc(NC(=O)[C@H]3CCCN3)ccc21. The van der Waals surface area contributed by atoms with Gasteiger partial charge in [0, 0.05) is 35.9 Å². The van der Waals surface area contributed by atoms with E-state index in [1.165, 1.54) is 0 Å². The number of aliphatic hydroxyl groups excluding tert-OH is 1. The molecule has 4 rings (SSSR count). The van der Waals surface area contributed by atoms with Crippen LogP contribution in [0.5, 0.6) is 0 Å². The number of carbonyl (C=O) groups excluding carboxylic acids is 2. The van der Waals surface area contributed by atoms with Crippen LogP contribution in [0.2, 0.25) is 18.6 Å². The van der Waals surface area contributed by atoms with Gasteiger partial charge in [-0.25, -0.2) is 0 Å². The normalized spacial score (nSPS) is 31.3. The molecule has 3 heterocycles. The van der Waals surface area contributed by atoms with Crippen LogP contribution in [0.1, 0.15) is 31.7 Å². The number of amides is 2. The van der Waals surface area contributed by atoms with Gasteiger partial charge in [-0.1, -0.05) is 13.0 Å². The molecule has 0 radical (unpaired) electrons. The van der Waals surface area contributed by atoms with Gasteiger partial charge in [-0.2, -0.15) is 0 Å². The topological polar surface area (TPSA) is 111 Å². The maximum atomic E-state index is 13.9. The molecule has 3 aliphatic rings. The molecule has 1 aromatic rings. The number of anilines is 2. The minimum Gasteiger partial charge on any atom is -0.432 e. The number of nitrogens with one attached hydrogen (secondary N) is 2. The molecule has 3 aliphatic heterocycles. The molecule has 0 bridgehead atoms. The van der Waals surface area contributed by atoms with Gasteiger partial charge in [0.2, 0.25) is 5.91 Å². The molecule has 0 aliphatic carbocycles. The smallest absolute Gasteiger partial charge is 0.264 e. The average molecular weight is 474 g/mol. The number of fused-ring (bicyclic) bond motifs is 2. The first-order valence-electron chi connectivity index (χ1n) is 11.8. The number of nitrogens with zero attached hydrogens (tertiary/aromatic N) is 1. The number of hydrogen-bond acceptors (Lipinski definition) is 6. The van der Waals surface area contributed by atoms with Crippen LogP contribution in [-0.4, -0.2) is 61.9 Å². The summed E-state index contributed by atoms with van der Waals surface area (Å²) in [6.07, 6.45) is 3.36. The van der Waals surface area contributed by atoms with Crippen LogP contribution in [-0.2, 0) is 19.9 Å². The van der Waals surface area contributed by atoms with E-state index in [4.69, 9.17) is 4.74 Å². The minimum absolute atomic E-state index is 0.0870. The third kappa shape index (κ3) is 3.95. The van der Waals surface area contributed by atoms with Crippen LogP contribution in [0.25, 0.3) is 0 Å². The van der Waals surface area contributed by atoms with Gasteiger partial charge in [0.1, 0.15) is 0 Å². The van der Waals surface area contributed by atoms with Gasteiger partial charge in [-0.05, 0) is 57.1 Å². The third-order valence-electron chi connectivity index (χ3n) is 7.35. The quantitative estimate of drug-likeness (QED) is 0.357. The molecule has 1 spiro atoms. The van der Waals surface area contributed by atoms with E-state index in [-0.39, 0.29) is 35.9 Å². The second kappa shape index (κ2) is 8.96. The third-order valence-corrected chi connectivity index (χ3v) is 9.86. The van der Waals surface area contributed by atoms with Crippen molar-refractivity contribution in [2.45, 2.75) is 62.6 Å². The van der Waals surface area contributed by atoms with Crippen LogP contribution in [0.3, 0.4) is 0 Å². The Morgan fingerprint density at radius 1 is 1.45 bits per heavy atom. The van der Waals surface area contributed by atoms with E-state index in [0.717, 1.165) is 25.1 Å². The zero-order valence-electron chi connectivity index (χ0n) is 19.6. The summed E-state index contributed by atoms with van der Waals surface area (Å²) in [5.41, 5.74) is 0.527. The van der Waals surface area contributed by atoms with E-state index in [1.54, 1.807) is 17.0 Å². The lowest BCUT2D eigenvalue weighted by Crippen LogP contribution is -2.46. The number of benzene rings is 1. The van der Waals surface area contributed by atoms with Crippen molar-refractivity contribution >= 4 is 31.5 Å². The highest BCUT2D eigenvalue weighted by molar-refractivity contribution is 6.71. The Morgan fingerprint density at radius 3 is 2.82 bits per heavy atom. The lowest BCUT2D eigenvalue weighted by Gasteiger charge is -2.32. The number of hydrogen-bond donors (Lipinski definition) is 4. The summed E-state index contributed by atoms with van der Waals surface area (Å²) in [5, 5.41) is 15.9. The Labute approximate surface area is 196 Å². The number of ether oxygens (including phenoxy) is 1. The van der Waals surface area contributed by atoms with Crippen molar-refractivity contribution in [1.82, 2.24) is 5.32 Å². The lowest BCUT2D eigenvalue weighted by atomic mass is 9.82. The maximum absolute atomic E-state index is 13.9. The van der Waals surface area contributed by atoms with Crippen LogP contribution >= 0.6 is 0 Å². The summed E-state index contributed by atoms with van der Waals surface area (Å²) >= 11 is 0. The van der Waals surface area contributed by atoms with Crippen LogP contribution in [0.15, 0.2) is 30.9 Å². The van der Waals surface area contributed by atoms with E-state index in [2.05, 4.69) is 17.2 Å². The second-order valence-corrected chi connectivity index (χ2v) is 13.9. The van der Waals surface area contributed by atoms with Crippen molar-refractivity contribution in [3.8, 4) is 0 Å². The predicted octanol–water partition coefficient (Wildman–Crippen LogP) is 2.09. The molecule has 0 aromatic heterocycles. The zero-order valence-corrected chi connectivity index (χ0v) is 20.6. The standard InChI is InChI=1S/C24H35N3O5Si/c1-5-12-27-19-9-8-16(26-22(29)18-7-6-11-25-18)14-17(19)24(23(27)30)15(2)21(33(3,4)31)20(32-24)10-13-28/h5,8-9,14-15,18,20-21,25,28,31H,1,6-7,10-13H2,2-4H3,(H,26,29)/t15-,18-,20+,21-,24+/m1/s1. The highest BCUT2D eigenvalue weighted by Gasteiger charge is 2.66. The molecule has 180 valence electrons. The molecule has 2 amide bonds. The monoisotopic (exact) mass is 473 g/mol. The molecule has 2 fully saturated rings. The first-order valence-corrected chi connectivity index (χ1v) is 14.8. The van der Waals surface area contributed by atoms with Crippen LogP contribution < -0.4 is 15.5 Å². The van der Waals surface area contributed by atoms with E-state index < -0.39 is 20.0 Å². The zero-order chi connectivity index (χ0) is 24.0. The van der Waals surface area contributed by atoms with E-state index >= 15 is 0 Å². The van der Waals surface area contributed by atoms with Crippen LogP contribution in [0, 0.1) is 5.92 Å². The molecular formula is C24H35N3O5Si. The van der Waals surface area contributed by atoms with Gasteiger partial charge < -0.3 is 30.2 Å². The molecular weight excluding hydrogens is 438 g/mol. The average Bonchev–Trinajstić information content (AvgIpc) is 3.43. The number of rotatable bonds is 7. The van der Waals surface area contributed by atoms with Crippen molar-refractivity contribution in [3.63, 3.8) is 0 Å². The van der Waals surface area contributed by atoms with Crippen molar-refractivity contribution in [3.05, 3.63) is 36.4 Å². The maximum Gasteiger partial charge on any atom is 0.264 e. The Morgan fingerprint density at radius 2 is 2.21 bits per heavy atom. The fraction of sp³-hybridized carbons (Fsp3) is 0.583. The van der Waals surface area contributed by atoms with Crippen molar-refractivity contribution in [1.29, 1.82) is 0 Å². The Hall–Kier alpha value is -2.04. The molecule has 0 unspecified atom stereocenters. The molecule has 33 heavy (non-hydrogen) atoms. The second-order valence-electron chi connectivity index (χ2n) is 9.95. The number of carbonyl (C=O) groups is 2. The van der Waals surface area contributed by atoms with Gasteiger partial charge in [-0.15, -0.1) is 6.58 Å². The Balaban J connectivity index is 1.77. The fourth-order valence-corrected chi connectivity index (χ4v) is 8.60. The molecule has 9 heteroatoms. The summed E-state index contributed by atoms with van der Waals surface area (Å²) in [6.45, 7) is 10.5. The Kier molecular flexibility index (Phi) is 6.54. The summed E-state index contributed by atoms with van der Waals surface area (Å²) < 4.78 is 6.54. The molecule has 5 atom stereocenters. The number of aliphatic hydroxyl groups is 1. The van der Waals surface area contributed by atoms with Crippen molar-refractivity contribution < 1.29 is 24.2 Å². The first kappa shape index (κ1) is 24.1. The summed E-state index contributed by atoms with van der Waals surface area (Å²) in [5.74, 6) is -0.576. The van der Waals surface area contributed by atoms with Gasteiger partial charge in [0.05, 0.1) is 17.8 Å². The highest BCUT2D eigenvalue weighted by Crippen LogP contribution is 2.59. The van der Waals surface area contributed by atoms with E-state index in [1.807, 2.05) is 32.2 Å². The first-order chi connectivity index (χ1) is 15.6. The van der Waals surface area contributed by atoms with Gasteiger partial charge in [0.15, 0.2) is 13.9 Å². The van der Waals surface area contributed by atoms with Gasteiger partial charge in [0.25, 0.3) is 5.91 Å². The highest BCUT2D eigenvalue weighted by atomic mass is 28.4. The molecule has 4 N–H and O–H groups in total. The van der Waals surface area contributed by atoms with Gasteiger partial charge in [-0.3, -0.25) is 9.59 Å². The fourth-order valence-electron chi connectivity index (χ4n) is 6.00. The van der Waals surface area contributed by atoms with Crippen LogP contribution in [0.4, 0.5) is 11.4 Å². The lowest BCUT2D eigenvalue weighted by molar-refractivity contribution is -0.146. The molecule has 1 aromatic carbocycles. The predicted molar refractivity (Wildman–Crippen MR) is 130 cm³/mol. The van der Waals surface area contributed by atoms with E-state index in [0.29, 0.717) is 24.2 Å². The molecule has 8 nitrogen and oxygen atoms in total. The Bertz CT molecular complexity index is 943. The minimum atomic E-state index is -2.74. The van der Waals surface area contributed by atoms with Crippen molar-refractivity contribution in [2.24, 2.45) is 5.92 Å². The molecule has 0 saturated carbocycles.